The zero-order valence-corrected chi connectivity index (χ0v) is 15.6. The smallest absolute Gasteiger partial charge is 0.0802 e. The van der Waals surface area contributed by atoms with Crippen LogP contribution in [-0.2, 0) is 0 Å². The van der Waals surface area contributed by atoms with Gasteiger partial charge >= 0.3 is 0 Å². The Kier molecular flexibility index (Phi) is 3.31. The largest absolute Gasteiger partial charge is 0.347 e. The normalized spacial score (nSPS) is 26.0. The highest BCUT2D eigenvalue weighted by Gasteiger charge is 2.41. The fraction of sp³-hybridized carbons (Fsp3) is 0.273. The van der Waals surface area contributed by atoms with Gasteiger partial charge in [-0.15, -0.1) is 11.3 Å². The Morgan fingerprint density at radius 1 is 0.920 bits per heavy atom. The van der Waals surface area contributed by atoms with E-state index in [-0.39, 0.29) is 0 Å². The lowest BCUT2D eigenvalue weighted by molar-refractivity contribution is 0.285. The zero-order valence-electron chi connectivity index (χ0n) is 14.8. The number of nitrogens with zero attached hydrogens (tertiary/aromatic N) is 2. The van der Waals surface area contributed by atoms with Crippen molar-refractivity contribution < 1.29 is 0 Å². The van der Waals surface area contributed by atoms with E-state index in [1.165, 1.54) is 31.4 Å². The molecule has 2 aliphatic rings. The Bertz CT molecular complexity index is 1030. The molecule has 0 radical (unpaired) electrons. The van der Waals surface area contributed by atoms with Crippen LogP contribution in [0.25, 0.3) is 20.2 Å². The van der Waals surface area contributed by atoms with Crippen LogP contribution < -0.4 is 4.90 Å². The summed E-state index contributed by atoms with van der Waals surface area (Å²) in [5, 5.41) is 2.76. The number of rotatable bonds is 1. The number of anilines is 1. The molecule has 25 heavy (non-hydrogen) atoms. The molecule has 3 heteroatoms. The van der Waals surface area contributed by atoms with Crippen molar-refractivity contribution in [2.45, 2.75) is 32.1 Å². The Balaban J connectivity index is 1.72. The summed E-state index contributed by atoms with van der Waals surface area (Å²) in [5.41, 5.74) is 2.73. The van der Waals surface area contributed by atoms with Crippen LogP contribution in [0.3, 0.4) is 0 Å². The second-order valence-corrected chi connectivity index (χ2v) is 8.27. The predicted molar refractivity (Wildman–Crippen MR) is 110 cm³/mol. The van der Waals surface area contributed by atoms with E-state index in [1.807, 2.05) is 11.3 Å². The highest BCUT2D eigenvalue weighted by Crippen LogP contribution is 2.41. The molecule has 5 rings (SSSR count). The molecule has 126 valence electrons. The van der Waals surface area contributed by atoms with Gasteiger partial charge in [0.25, 0.3) is 0 Å². The van der Waals surface area contributed by atoms with Crippen LogP contribution in [-0.4, -0.2) is 30.2 Å². The lowest BCUT2D eigenvalue weighted by Gasteiger charge is -2.31. The average molecular weight is 346 g/mol. The molecule has 1 saturated heterocycles. The maximum absolute atomic E-state index is 2.59. The molecule has 0 saturated carbocycles. The minimum Gasteiger partial charge on any atom is -0.347 e. The van der Waals surface area contributed by atoms with Crippen LogP contribution >= 0.6 is 11.3 Å². The van der Waals surface area contributed by atoms with Gasteiger partial charge in [-0.3, -0.25) is 4.90 Å². The van der Waals surface area contributed by atoms with Gasteiger partial charge in [-0.2, -0.15) is 0 Å². The first-order chi connectivity index (χ1) is 12.1. The van der Waals surface area contributed by atoms with E-state index < -0.39 is 0 Å². The summed E-state index contributed by atoms with van der Waals surface area (Å²) in [5.74, 6) is 0. The van der Waals surface area contributed by atoms with Crippen molar-refractivity contribution in [3.63, 3.8) is 0 Å². The second kappa shape index (κ2) is 5.45. The second-order valence-electron chi connectivity index (χ2n) is 7.19. The Morgan fingerprint density at radius 3 is 2.52 bits per heavy atom. The summed E-state index contributed by atoms with van der Waals surface area (Å²) in [6, 6.07) is 14.4. The molecule has 0 N–H and O–H groups in total. The van der Waals surface area contributed by atoms with Crippen LogP contribution in [0.4, 0.5) is 5.69 Å². The summed E-state index contributed by atoms with van der Waals surface area (Å²) in [7, 11) is 2.24. The van der Waals surface area contributed by atoms with Gasteiger partial charge in [-0.05, 0) is 44.7 Å². The molecule has 1 aromatic heterocycles. The van der Waals surface area contributed by atoms with Crippen LogP contribution in [0.1, 0.15) is 12.5 Å². The molecule has 1 aliphatic carbocycles. The molecule has 2 nitrogen and oxygen atoms in total. The van der Waals surface area contributed by atoms with Crippen LogP contribution in [0, 0.1) is 6.92 Å². The third kappa shape index (κ3) is 2.12. The van der Waals surface area contributed by atoms with Crippen LogP contribution in [0.15, 0.2) is 60.7 Å². The molecule has 3 aromatic rings. The van der Waals surface area contributed by atoms with Gasteiger partial charge < -0.3 is 4.90 Å². The first-order valence-corrected chi connectivity index (χ1v) is 9.74. The molecule has 1 aliphatic heterocycles. The summed E-state index contributed by atoms with van der Waals surface area (Å²) in [4.78, 5) is 5.06. The number of hydrogen-bond donors (Lipinski definition) is 0. The molecule has 3 atom stereocenters. The van der Waals surface area contributed by atoms with Gasteiger partial charge in [0.15, 0.2) is 0 Å². The van der Waals surface area contributed by atoms with Crippen molar-refractivity contribution >= 4 is 37.2 Å². The SMILES string of the molecule is Cc1cc2sc3ccccc3c2cc1N1C2C=CC=CC2N(C)C1C. The minimum absolute atomic E-state index is 0.378. The van der Waals surface area contributed by atoms with Gasteiger partial charge in [0.05, 0.1) is 18.2 Å². The van der Waals surface area contributed by atoms with E-state index in [0.717, 1.165) is 0 Å². The van der Waals surface area contributed by atoms with Crippen molar-refractivity contribution in [1.82, 2.24) is 4.90 Å². The van der Waals surface area contributed by atoms with Gasteiger partial charge in [0, 0.05) is 25.9 Å². The maximum atomic E-state index is 2.59. The van der Waals surface area contributed by atoms with Crippen LogP contribution in [0.2, 0.25) is 0 Å². The quantitative estimate of drug-likeness (QED) is 0.588. The summed E-state index contributed by atoms with van der Waals surface area (Å²) < 4.78 is 2.76. The third-order valence-corrected chi connectivity index (χ3v) is 6.97. The van der Waals surface area contributed by atoms with Crippen molar-refractivity contribution in [3.8, 4) is 0 Å². The maximum Gasteiger partial charge on any atom is 0.0802 e. The molecule has 0 spiro atoms. The number of thiophene rings is 1. The lowest BCUT2D eigenvalue weighted by Crippen LogP contribution is -2.37. The number of likely N-dealkylation sites (N-methyl/N-ethyl adjacent to an activating group) is 1. The molecule has 2 heterocycles. The number of hydrogen-bond acceptors (Lipinski definition) is 3. The van der Waals surface area contributed by atoms with Gasteiger partial charge in [-0.25, -0.2) is 0 Å². The Morgan fingerprint density at radius 2 is 1.68 bits per heavy atom. The molecule has 3 unspecified atom stereocenters. The number of aryl methyl sites for hydroxylation is 1. The summed E-state index contributed by atoms with van der Waals surface area (Å²) in [6.07, 6.45) is 9.42. The highest BCUT2D eigenvalue weighted by atomic mass is 32.1. The fourth-order valence-corrected chi connectivity index (χ4v) is 5.60. The number of benzene rings is 2. The third-order valence-electron chi connectivity index (χ3n) is 5.83. The first-order valence-electron chi connectivity index (χ1n) is 8.92. The van der Waals surface area contributed by atoms with E-state index in [2.05, 4.69) is 91.4 Å². The highest BCUT2D eigenvalue weighted by molar-refractivity contribution is 7.25. The standard InChI is InChI=1S/C22H22N2S/c1-14-12-22-17(16-8-4-7-11-21(16)25-22)13-20(14)24-15(2)23(3)18-9-5-6-10-19(18)24/h4-13,15,18-19H,1-3H3. The van der Waals surface area contributed by atoms with Gasteiger partial charge in [0.1, 0.15) is 0 Å². The van der Waals surface area contributed by atoms with E-state index >= 15 is 0 Å². The number of allylic oxidation sites excluding steroid dienone is 2. The van der Waals surface area contributed by atoms with Crippen molar-refractivity contribution in [3.05, 3.63) is 66.3 Å². The minimum atomic E-state index is 0.378. The van der Waals surface area contributed by atoms with Gasteiger partial charge in [0.2, 0.25) is 0 Å². The van der Waals surface area contributed by atoms with Crippen LogP contribution in [0.5, 0.6) is 0 Å². The van der Waals surface area contributed by atoms with Crippen molar-refractivity contribution in [1.29, 1.82) is 0 Å². The van der Waals surface area contributed by atoms with E-state index in [1.54, 1.807) is 0 Å². The molecule has 2 aromatic carbocycles. The topological polar surface area (TPSA) is 6.48 Å². The lowest BCUT2D eigenvalue weighted by atomic mass is 10.0. The average Bonchev–Trinajstić information content (AvgIpc) is 3.10. The van der Waals surface area contributed by atoms with E-state index in [9.17, 15) is 0 Å². The van der Waals surface area contributed by atoms with Crippen molar-refractivity contribution in [2.75, 3.05) is 11.9 Å². The van der Waals surface area contributed by atoms with Crippen molar-refractivity contribution in [2.24, 2.45) is 0 Å². The van der Waals surface area contributed by atoms with E-state index in [0.29, 0.717) is 18.2 Å². The molecular formula is C22H22N2S. The first kappa shape index (κ1) is 15.2. The fourth-order valence-electron chi connectivity index (χ4n) is 4.41. The molecule has 1 fully saturated rings. The summed E-state index contributed by atoms with van der Waals surface area (Å²) >= 11 is 1.90. The molecule has 0 amide bonds. The number of fused-ring (bicyclic) bond motifs is 4. The monoisotopic (exact) mass is 346 g/mol. The Hall–Kier alpha value is -2.10. The van der Waals surface area contributed by atoms with E-state index in [4.69, 9.17) is 0 Å². The molecule has 0 bridgehead atoms. The predicted octanol–water partition coefficient (Wildman–Crippen LogP) is 5.32. The van der Waals surface area contributed by atoms with Gasteiger partial charge in [-0.1, -0.05) is 42.5 Å². The molecular weight excluding hydrogens is 324 g/mol. The zero-order chi connectivity index (χ0) is 17.1. The summed E-state index contributed by atoms with van der Waals surface area (Å²) in [6.45, 7) is 4.57. The Labute approximate surface area is 152 Å².